The standard InChI is InChI=1S/C11H14F2N2O/c12-8-3-9(13)11(14)10(4-8)15-5-7-1-2-16-6-7/h3-4,7,15H,1-2,5-6,14H2. The van der Waals surface area contributed by atoms with Crippen molar-refractivity contribution in [1.29, 1.82) is 0 Å². The average molecular weight is 228 g/mol. The minimum Gasteiger partial charge on any atom is -0.395 e. The van der Waals surface area contributed by atoms with Gasteiger partial charge in [-0.2, -0.15) is 0 Å². The number of anilines is 2. The molecule has 0 radical (unpaired) electrons. The number of hydrogen-bond acceptors (Lipinski definition) is 3. The Morgan fingerprint density at radius 2 is 2.25 bits per heavy atom. The second-order valence-electron chi connectivity index (χ2n) is 3.96. The normalized spacial score (nSPS) is 20.0. The van der Waals surface area contributed by atoms with Crippen LogP contribution in [-0.2, 0) is 4.74 Å². The molecule has 1 aliphatic heterocycles. The van der Waals surface area contributed by atoms with E-state index in [4.69, 9.17) is 10.5 Å². The van der Waals surface area contributed by atoms with E-state index in [-0.39, 0.29) is 5.69 Å². The molecule has 5 heteroatoms. The van der Waals surface area contributed by atoms with Crippen molar-refractivity contribution in [2.75, 3.05) is 30.8 Å². The smallest absolute Gasteiger partial charge is 0.151 e. The van der Waals surface area contributed by atoms with Crippen LogP contribution in [-0.4, -0.2) is 19.8 Å². The highest BCUT2D eigenvalue weighted by Gasteiger charge is 2.16. The van der Waals surface area contributed by atoms with Crippen LogP contribution in [0.25, 0.3) is 0 Å². The van der Waals surface area contributed by atoms with E-state index < -0.39 is 11.6 Å². The molecular weight excluding hydrogens is 214 g/mol. The van der Waals surface area contributed by atoms with Crippen molar-refractivity contribution in [3.63, 3.8) is 0 Å². The molecule has 0 aromatic heterocycles. The van der Waals surface area contributed by atoms with Crippen LogP contribution in [0.3, 0.4) is 0 Å². The number of hydrogen-bond donors (Lipinski definition) is 2. The maximum atomic E-state index is 13.1. The maximum Gasteiger partial charge on any atom is 0.151 e. The summed E-state index contributed by atoms with van der Waals surface area (Å²) in [5.41, 5.74) is 5.77. The van der Waals surface area contributed by atoms with E-state index in [0.717, 1.165) is 19.1 Å². The van der Waals surface area contributed by atoms with Gasteiger partial charge in [0, 0.05) is 25.1 Å². The van der Waals surface area contributed by atoms with Gasteiger partial charge in [-0.1, -0.05) is 0 Å². The van der Waals surface area contributed by atoms with Gasteiger partial charge in [-0.25, -0.2) is 8.78 Å². The van der Waals surface area contributed by atoms with Crippen molar-refractivity contribution in [3.05, 3.63) is 23.8 Å². The van der Waals surface area contributed by atoms with Crippen molar-refractivity contribution >= 4 is 11.4 Å². The molecule has 1 heterocycles. The largest absolute Gasteiger partial charge is 0.395 e. The SMILES string of the molecule is Nc1c(F)cc(F)cc1NCC1CCOC1. The van der Waals surface area contributed by atoms with Crippen molar-refractivity contribution in [3.8, 4) is 0 Å². The highest BCUT2D eigenvalue weighted by atomic mass is 19.1. The van der Waals surface area contributed by atoms with E-state index in [0.29, 0.717) is 24.8 Å². The average Bonchev–Trinajstić information content (AvgIpc) is 2.74. The predicted molar refractivity (Wildman–Crippen MR) is 58.2 cm³/mol. The van der Waals surface area contributed by atoms with E-state index in [9.17, 15) is 8.78 Å². The van der Waals surface area contributed by atoms with E-state index in [1.165, 1.54) is 6.07 Å². The van der Waals surface area contributed by atoms with Crippen LogP contribution in [0.2, 0.25) is 0 Å². The first-order valence-corrected chi connectivity index (χ1v) is 5.23. The molecule has 3 nitrogen and oxygen atoms in total. The van der Waals surface area contributed by atoms with Gasteiger partial charge in [0.15, 0.2) is 5.82 Å². The van der Waals surface area contributed by atoms with Gasteiger partial charge >= 0.3 is 0 Å². The molecule has 1 atom stereocenters. The Hall–Kier alpha value is -1.36. The first-order valence-electron chi connectivity index (χ1n) is 5.23. The molecule has 1 aromatic carbocycles. The summed E-state index contributed by atoms with van der Waals surface area (Å²) < 4.78 is 31.3. The summed E-state index contributed by atoms with van der Waals surface area (Å²) in [5, 5.41) is 2.95. The van der Waals surface area contributed by atoms with Crippen LogP contribution in [0.5, 0.6) is 0 Å². The van der Waals surface area contributed by atoms with Crippen LogP contribution in [0.4, 0.5) is 20.2 Å². The monoisotopic (exact) mass is 228 g/mol. The maximum absolute atomic E-state index is 13.1. The van der Waals surface area contributed by atoms with Gasteiger partial charge in [-0.15, -0.1) is 0 Å². The first kappa shape index (κ1) is 11.1. The fourth-order valence-corrected chi connectivity index (χ4v) is 1.73. The van der Waals surface area contributed by atoms with Gasteiger partial charge in [-0.05, 0) is 12.5 Å². The zero-order valence-electron chi connectivity index (χ0n) is 8.80. The molecule has 88 valence electrons. The van der Waals surface area contributed by atoms with E-state index >= 15 is 0 Å². The summed E-state index contributed by atoms with van der Waals surface area (Å²) in [4.78, 5) is 0. The third kappa shape index (κ3) is 2.41. The third-order valence-electron chi connectivity index (χ3n) is 2.70. The number of nitrogens with one attached hydrogen (secondary N) is 1. The number of ether oxygens (including phenoxy) is 1. The summed E-state index contributed by atoms with van der Waals surface area (Å²) in [6, 6.07) is 1.98. The summed E-state index contributed by atoms with van der Waals surface area (Å²) in [6.07, 6.45) is 0.963. The third-order valence-corrected chi connectivity index (χ3v) is 2.70. The topological polar surface area (TPSA) is 47.3 Å². The molecule has 0 bridgehead atoms. The van der Waals surface area contributed by atoms with Crippen LogP contribution in [0, 0.1) is 17.6 Å². The van der Waals surface area contributed by atoms with Gasteiger partial charge < -0.3 is 15.8 Å². The molecule has 16 heavy (non-hydrogen) atoms. The number of benzene rings is 1. The molecular formula is C11H14F2N2O. The number of halogens is 2. The Balaban J connectivity index is 2.02. The zero-order valence-corrected chi connectivity index (χ0v) is 8.80. The first-order chi connectivity index (χ1) is 7.66. The van der Waals surface area contributed by atoms with Gasteiger partial charge in [0.1, 0.15) is 5.82 Å². The summed E-state index contributed by atoms with van der Waals surface area (Å²) in [7, 11) is 0. The van der Waals surface area contributed by atoms with Crippen LogP contribution in [0.1, 0.15) is 6.42 Å². The van der Waals surface area contributed by atoms with Gasteiger partial charge in [-0.3, -0.25) is 0 Å². The second kappa shape index (κ2) is 4.65. The molecule has 1 fully saturated rings. The lowest BCUT2D eigenvalue weighted by atomic mass is 10.1. The Morgan fingerprint density at radius 1 is 1.44 bits per heavy atom. The molecule has 1 unspecified atom stereocenters. The Bertz CT molecular complexity index is 378. The second-order valence-corrected chi connectivity index (χ2v) is 3.96. The molecule has 0 aliphatic carbocycles. The highest BCUT2D eigenvalue weighted by Crippen LogP contribution is 2.24. The number of nitrogen functional groups attached to an aromatic ring is 1. The minimum absolute atomic E-state index is 0.0414. The lowest BCUT2D eigenvalue weighted by molar-refractivity contribution is 0.187. The highest BCUT2D eigenvalue weighted by molar-refractivity contribution is 5.66. The summed E-state index contributed by atoms with van der Waals surface area (Å²) >= 11 is 0. The van der Waals surface area contributed by atoms with Crippen LogP contribution in [0.15, 0.2) is 12.1 Å². The molecule has 0 saturated carbocycles. The summed E-state index contributed by atoms with van der Waals surface area (Å²) in [6.45, 7) is 2.05. The molecule has 3 N–H and O–H groups in total. The van der Waals surface area contributed by atoms with Crippen LogP contribution < -0.4 is 11.1 Å². The minimum atomic E-state index is -0.731. The molecule has 0 spiro atoms. The van der Waals surface area contributed by atoms with Crippen molar-refractivity contribution in [1.82, 2.24) is 0 Å². The Kier molecular flexibility index (Phi) is 3.24. The quantitative estimate of drug-likeness (QED) is 0.778. The number of nitrogens with two attached hydrogens (primary N) is 1. The fourth-order valence-electron chi connectivity index (χ4n) is 1.73. The predicted octanol–water partition coefficient (Wildman–Crippen LogP) is 2.00. The van der Waals surface area contributed by atoms with Crippen molar-refractivity contribution in [2.45, 2.75) is 6.42 Å². The molecule has 0 amide bonds. The molecule has 2 rings (SSSR count). The molecule has 1 aromatic rings. The van der Waals surface area contributed by atoms with Crippen molar-refractivity contribution < 1.29 is 13.5 Å². The molecule has 1 saturated heterocycles. The Labute approximate surface area is 92.6 Å². The number of rotatable bonds is 3. The Morgan fingerprint density at radius 3 is 2.94 bits per heavy atom. The van der Waals surface area contributed by atoms with Gasteiger partial charge in [0.25, 0.3) is 0 Å². The van der Waals surface area contributed by atoms with E-state index in [1.54, 1.807) is 0 Å². The van der Waals surface area contributed by atoms with Gasteiger partial charge in [0.05, 0.1) is 18.0 Å². The van der Waals surface area contributed by atoms with E-state index in [2.05, 4.69) is 5.32 Å². The zero-order chi connectivity index (χ0) is 11.5. The van der Waals surface area contributed by atoms with E-state index in [1.807, 2.05) is 0 Å². The lowest BCUT2D eigenvalue weighted by Crippen LogP contribution is -2.15. The molecule has 1 aliphatic rings. The summed E-state index contributed by atoms with van der Waals surface area (Å²) in [5.74, 6) is -0.979. The fraction of sp³-hybridized carbons (Fsp3) is 0.455. The lowest BCUT2D eigenvalue weighted by Gasteiger charge is -2.13. The van der Waals surface area contributed by atoms with Crippen molar-refractivity contribution in [2.24, 2.45) is 5.92 Å². The van der Waals surface area contributed by atoms with Gasteiger partial charge in [0.2, 0.25) is 0 Å². The van der Waals surface area contributed by atoms with Crippen LogP contribution >= 0.6 is 0 Å².